The van der Waals surface area contributed by atoms with E-state index in [1.807, 2.05) is 31.2 Å². The zero-order valence-corrected chi connectivity index (χ0v) is 16.8. The minimum atomic E-state index is -0.684. The summed E-state index contributed by atoms with van der Waals surface area (Å²) in [4.78, 5) is 22.2. The summed E-state index contributed by atoms with van der Waals surface area (Å²) in [5.74, 6) is 0. The van der Waals surface area contributed by atoms with E-state index in [9.17, 15) is 4.79 Å². The Hall–Kier alpha value is -2.41. The Kier molecular flexibility index (Phi) is 6.11. The molecule has 27 heavy (non-hydrogen) atoms. The Morgan fingerprint density at radius 3 is 2.30 bits per heavy atom. The van der Waals surface area contributed by atoms with Crippen molar-refractivity contribution in [3.63, 3.8) is 0 Å². The molecule has 138 valence electrons. The lowest BCUT2D eigenvalue weighted by atomic mass is 10.2. The monoisotopic (exact) mass is 419 g/mol. The molecule has 5 nitrogen and oxygen atoms in total. The summed E-state index contributed by atoms with van der Waals surface area (Å²) in [6.45, 7) is 3.65. The van der Waals surface area contributed by atoms with E-state index in [1.54, 1.807) is 31.2 Å². The number of carbonyl (C=O) groups excluding carboxylic acids is 1. The van der Waals surface area contributed by atoms with Crippen molar-refractivity contribution >= 4 is 52.0 Å². The number of nitrogens with one attached hydrogen (secondary N) is 1. The average molecular weight is 420 g/mol. The van der Waals surface area contributed by atoms with E-state index in [-0.39, 0.29) is 0 Å². The van der Waals surface area contributed by atoms with Gasteiger partial charge in [-0.25, -0.2) is 9.78 Å². The summed E-state index contributed by atoms with van der Waals surface area (Å²) in [5, 5.41) is 8.59. The molecular weight excluding hydrogens is 405 g/mol. The second kappa shape index (κ2) is 8.52. The summed E-state index contributed by atoms with van der Waals surface area (Å²) in [6.07, 6.45) is -0.684. The molecule has 0 spiro atoms. The molecule has 0 radical (unpaired) electrons. The van der Waals surface area contributed by atoms with Gasteiger partial charge in [-0.15, -0.1) is 11.3 Å². The van der Waals surface area contributed by atoms with Gasteiger partial charge in [0.25, 0.3) is 0 Å². The third-order valence-corrected chi connectivity index (χ3v) is 5.39. The van der Waals surface area contributed by atoms with E-state index >= 15 is 0 Å². The molecule has 0 aliphatic heterocycles. The first-order chi connectivity index (χ1) is 12.9. The molecule has 1 N–H and O–H groups in total. The summed E-state index contributed by atoms with van der Waals surface area (Å²) in [6, 6.07) is 14.1. The van der Waals surface area contributed by atoms with Crippen molar-refractivity contribution in [3.8, 4) is 10.6 Å². The lowest BCUT2D eigenvalue weighted by Crippen LogP contribution is -2.11. The quantitative estimate of drug-likeness (QED) is 0.302. The molecule has 0 aliphatic rings. The van der Waals surface area contributed by atoms with Crippen LogP contribution in [0.25, 0.3) is 10.6 Å². The van der Waals surface area contributed by atoms with Gasteiger partial charge in [0.15, 0.2) is 0 Å². The molecule has 0 bridgehead atoms. The number of halogens is 2. The molecule has 8 heteroatoms. The standard InChI is InChI=1S/C19H15Cl2N3O2S/c1-11-17(27-18(22-11)13-3-5-14(20)6-4-13)12(2)24-26-19(25)23-16-9-7-15(21)8-10-16/h3-10H,1-2H3,(H,23,25)/b24-12-. The average Bonchev–Trinajstić information content (AvgIpc) is 3.04. The number of carbonyl (C=O) groups is 1. The lowest BCUT2D eigenvalue weighted by molar-refractivity contribution is 0.166. The topological polar surface area (TPSA) is 63.6 Å². The predicted octanol–water partition coefficient (Wildman–Crippen LogP) is 6.40. The van der Waals surface area contributed by atoms with Crippen LogP contribution in [-0.2, 0) is 4.84 Å². The van der Waals surface area contributed by atoms with Gasteiger partial charge in [-0.05, 0) is 50.2 Å². The van der Waals surface area contributed by atoms with E-state index in [4.69, 9.17) is 28.0 Å². The normalized spacial score (nSPS) is 11.3. The van der Waals surface area contributed by atoms with E-state index < -0.39 is 6.09 Å². The van der Waals surface area contributed by atoms with Crippen LogP contribution in [-0.4, -0.2) is 16.8 Å². The van der Waals surface area contributed by atoms with Gasteiger partial charge in [-0.3, -0.25) is 10.2 Å². The third-order valence-electron chi connectivity index (χ3n) is 3.57. The first-order valence-corrected chi connectivity index (χ1v) is 9.51. The highest BCUT2D eigenvalue weighted by Gasteiger charge is 2.13. The van der Waals surface area contributed by atoms with Crippen molar-refractivity contribution in [2.24, 2.45) is 5.16 Å². The first-order valence-electron chi connectivity index (χ1n) is 7.94. The Morgan fingerprint density at radius 2 is 1.67 bits per heavy atom. The van der Waals surface area contributed by atoms with Gasteiger partial charge in [-0.1, -0.05) is 40.5 Å². The van der Waals surface area contributed by atoms with Crippen LogP contribution < -0.4 is 5.32 Å². The van der Waals surface area contributed by atoms with Crippen molar-refractivity contribution in [3.05, 3.63) is 69.1 Å². The second-order valence-electron chi connectivity index (χ2n) is 5.63. The fourth-order valence-corrected chi connectivity index (χ4v) is 3.53. The fourth-order valence-electron chi connectivity index (χ4n) is 2.27. The molecule has 1 aromatic heterocycles. The van der Waals surface area contributed by atoms with Gasteiger partial charge in [0.1, 0.15) is 5.01 Å². The smallest absolute Gasteiger partial charge is 0.297 e. The van der Waals surface area contributed by atoms with Crippen LogP contribution in [0.3, 0.4) is 0 Å². The number of oxime groups is 1. The Balaban J connectivity index is 1.69. The molecule has 0 atom stereocenters. The fraction of sp³-hybridized carbons (Fsp3) is 0.105. The zero-order valence-electron chi connectivity index (χ0n) is 14.5. The number of hydrogen-bond donors (Lipinski definition) is 1. The van der Waals surface area contributed by atoms with Gasteiger partial charge in [0.2, 0.25) is 0 Å². The van der Waals surface area contributed by atoms with Crippen molar-refractivity contribution in [2.45, 2.75) is 13.8 Å². The molecule has 0 saturated carbocycles. The summed E-state index contributed by atoms with van der Waals surface area (Å²) in [5.41, 5.74) is 2.91. The number of thiazole rings is 1. The van der Waals surface area contributed by atoms with Crippen LogP contribution in [0.15, 0.2) is 53.7 Å². The van der Waals surface area contributed by atoms with Crippen molar-refractivity contribution in [2.75, 3.05) is 5.32 Å². The molecule has 1 heterocycles. The van der Waals surface area contributed by atoms with Gasteiger partial charge in [0.05, 0.1) is 16.3 Å². The first kappa shape index (κ1) is 19.4. The number of rotatable bonds is 4. The van der Waals surface area contributed by atoms with Gasteiger partial charge in [-0.2, -0.15) is 0 Å². The van der Waals surface area contributed by atoms with Crippen LogP contribution in [0, 0.1) is 6.92 Å². The maximum atomic E-state index is 11.9. The van der Waals surface area contributed by atoms with E-state index in [0.29, 0.717) is 21.4 Å². The Bertz CT molecular complexity index is 983. The molecule has 2 aromatic carbocycles. The highest BCUT2D eigenvalue weighted by Crippen LogP contribution is 2.29. The predicted molar refractivity (Wildman–Crippen MR) is 111 cm³/mol. The number of anilines is 1. The van der Waals surface area contributed by atoms with E-state index in [0.717, 1.165) is 21.1 Å². The number of nitrogens with zero attached hydrogens (tertiary/aromatic N) is 2. The van der Waals surface area contributed by atoms with Crippen LogP contribution in [0.4, 0.5) is 10.5 Å². The highest BCUT2D eigenvalue weighted by molar-refractivity contribution is 7.17. The molecule has 0 unspecified atom stereocenters. The Morgan fingerprint density at radius 1 is 1.07 bits per heavy atom. The largest absolute Gasteiger partial charge is 0.437 e. The number of amides is 1. The van der Waals surface area contributed by atoms with Gasteiger partial charge in [0, 0.05) is 21.3 Å². The van der Waals surface area contributed by atoms with E-state index in [1.165, 1.54) is 11.3 Å². The molecule has 3 rings (SSSR count). The molecule has 0 aliphatic carbocycles. The number of benzene rings is 2. The summed E-state index contributed by atoms with van der Waals surface area (Å²) < 4.78 is 0. The van der Waals surface area contributed by atoms with Crippen molar-refractivity contribution in [1.82, 2.24) is 4.98 Å². The molecule has 0 saturated heterocycles. The molecular formula is C19H15Cl2N3O2S. The number of aromatic nitrogens is 1. The second-order valence-corrected chi connectivity index (χ2v) is 7.50. The number of hydrogen-bond acceptors (Lipinski definition) is 5. The molecule has 0 fully saturated rings. The minimum Gasteiger partial charge on any atom is -0.297 e. The molecule has 3 aromatic rings. The SMILES string of the molecule is C/C(=N/OC(=O)Nc1ccc(Cl)cc1)c1sc(-c2ccc(Cl)cc2)nc1C. The van der Waals surface area contributed by atoms with Crippen molar-refractivity contribution < 1.29 is 9.63 Å². The number of aryl methyl sites for hydroxylation is 1. The third kappa shape index (κ3) is 5.07. The van der Waals surface area contributed by atoms with Crippen LogP contribution >= 0.6 is 34.5 Å². The minimum absolute atomic E-state index is 0.566. The van der Waals surface area contributed by atoms with Crippen LogP contribution in [0.1, 0.15) is 17.5 Å². The van der Waals surface area contributed by atoms with Crippen molar-refractivity contribution in [1.29, 1.82) is 0 Å². The lowest BCUT2D eigenvalue weighted by Gasteiger charge is -2.03. The van der Waals surface area contributed by atoms with E-state index in [2.05, 4.69) is 15.5 Å². The summed E-state index contributed by atoms with van der Waals surface area (Å²) in [7, 11) is 0. The highest BCUT2D eigenvalue weighted by atomic mass is 35.5. The van der Waals surface area contributed by atoms with Crippen LogP contribution in [0.2, 0.25) is 10.0 Å². The zero-order chi connectivity index (χ0) is 19.4. The summed E-state index contributed by atoms with van der Waals surface area (Å²) >= 11 is 13.2. The van der Waals surface area contributed by atoms with Crippen LogP contribution in [0.5, 0.6) is 0 Å². The Labute approximate surface area is 170 Å². The van der Waals surface area contributed by atoms with Gasteiger partial charge < -0.3 is 0 Å². The molecule has 1 amide bonds. The van der Waals surface area contributed by atoms with Gasteiger partial charge >= 0.3 is 6.09 Å². The maximum Gasteiger partial charge on any atom is 0.437 e. The maximum absolute atomic E-state index is 11.9.